The van der Waals surface area contributed by atoms with Gasteiger partial charge in [0.15, 0.2) is 5.82 Å². The van der Waals surface area contributed by atoms with Gasteiger partial charge in [-0.05, 0) is 53.1 Å². The SMILES string of the molecule is O=C(C1CCCCn2nnnc21)N1CCC2(CC1)OCCc1sccc12. The minimum atomic E-state index is -0.203. The Morgan fingerprint density at radius 1 is 1.27 bits per heavy atom. The highest BCUT2D eigenvalue weighted by molar-refractivity contribution is 7.10. The molecule has 7 nitrogen and oxygen atoms in total. The van der Waals surface area contributed by atoms with Gasteiger partial charge in [-0.3, -0.25) is 4.79 Å². The molecule has 1 saturated heterocycles. The first-order chi connectivity index (χ1) is 12.8. The van der Waals surface area contributed by atoms with Crippen molar-refractivity contribution in [1.29, 1.82) is 0 Å². The number of hydrogen-bond acceptors (Lipinski definition) is 6. The zero-order valence-electron chi connectivity index (χ0n) is 14.8. The number of piperidine rings is 1. The van der Waals surface area contributed by atoms with Gasteiger partial charge in [-0.1, -0.05) is 6.42 Å². The number of tetrazole rings is 1. The van der Waals surface area contributed by atoms with Crippen LogP contribution in [0.4, 0.5) is 0 Å². The smallest absolute Gasteiger partial charge is 0.233 e. The van der Waals surface area contributed by atoms with Crippen molar-refractivity contribution in [2.24, 2.45) is 0 Å². The molecule has 0 bridgehead atoms. The van der Waals surface area contributed by atoms with Crippen LogP contribution in [0.2, 0.25) is 0 Å². The number of nitrogens with zero attached hydrogens (tertiary/aromatic N) is 5. The Bertz CT molecular complexity index is 808. The van der Waals surface area contributed by atoms with E-state index in [0.29, 0.717) is 0 Å². The van der Waals surface area contributed by atoms with Gasteiger partial charge < -0.3 is 9.64 Å². The number of rotatable bonds is 1. The number of carbonyl (C=O) groups excluding carboxylic acids is 1. The molecular weight excluding hydrogens is 350 g/mol. The molecule has 0 saturated carbocycles. The van der Waals surface area contributed by atoms with E-state index in [0.717, 1.165) is 70.6 Å². The summed E-state index contributed by atoms with van der Waals surface area (Å²) >= 11 is 1.83. The molecule has 2 aromatic heterocycles. The van der Waals surface area contributed by atoms with Crippen LogP contribution in [0.3, 0.4) is 0 Å². The van der Waals surface area contributed by atoms with Crippen LogP contribution in [-0.2, 0) is 28.1 Å². The second kappa shape index (κ2) is 6.42. The first-order valence-corrected chi connectivity index (χ1v) is 10.4. The van der Waals surface area contributed by atoms with Crippen LogP contribution in [0.25, 0.3) is 0 Å². The summed E-state index contributed by atoms with van der Waals surface area (Å²) in [5.74, 6) is 0.714. The average Bonchev–Trinajstić information content (AvgIpc) is 3.29. The Morgan fingerprint density at radius 2 is 2.15 bits per heavy atom. The molecule has 0 N–H and O–H groups in total. The molecule has 5 rings (SSSR count). The molecule has 8 heteroatoms. The Balaban J connectivity index is 1.33. The Hall–Kier alpha value is -1.80. The van der Waals surface area contributed by atoms with E-state index in [2.05, 4.69) is 27.0 Å². The molecule has 1 amide bonds. The first-order valence-electron chi connectivity index (χ1n) is 9.52. The van der Waals surface area contributed by atoms with Gasteiger partial charge in [0.1, 0.15) is 0 Å². The quantitative estimate of drug-likeness (QED) is 0.765. The van der Waals surface area contributed by atoms with E-state index in [4.69, 9.17) is 4.74 Å². The first kappa shape index (κ1) is 16.4. The molecule has 0 aliphatic carbocycles. The second-order valence-electron chi connectivity index (χ2n) is 7.48. The summed E-state index contributed by atoms with van der Waals surface area (Å²) in [6.45, 7) is 3.08. The van der Waals surface area contributed by atoms with Crippen LogP contribution >= 0.6 is 11.3 Å². The summed E-state index contributed by atoms with van der Waals surface area (Å²) < 4.78 is 8.07. The molecule has 26 heavy (non-hydrogen) atoms. The van der Waals surface area contributed by atoms with Gasteiger partial charge in [-0.2, -0.15) is 0 Å². The van der Waals surface area contributed by atoms with Crippen molar-refractivity contribution >= 4 is 17.2 Å². The van der Waals surface area contributed by atoms with E-state index >= 15 is 0 Å². The molecule has 5 heterocycles. The molecule has 3 aliphatic rings. The summed E-state index contributed by atoms with van der Waals surface area (Å²) in [5.41, 5.74) is 1.18. The minimum absolute atomic E-state index is 0.180. The fourth-order valence-corrected chi connectivity index (χ4v) is 5.62. The normalized spacial score (nSPS) is 24.8. The number of ether oxygens (including phenoxy) is 1. The van der Waals surface area contributed by atoms with Crippen LogP contribution in [0.15, 0.2) is 11.4 Å². The monoisotopic (exact) mass is 373 g/mol. The Morgan fingerprint density at radius 3 is 3.04 bits per heavy atom. The third kappa shape index (κ3) is 2.58. The van der Waals surface area contributed by atoms with Crippen molar-refractivity contribution in [3.05, 3.63) is 27.7 Å². The van der Waals surface area contributed by atoms with Gasteiger partial charge in [0, 0.05) is 30.9 Å². The van der Waals surface area contributed by atoms with Crippen molar-refractivity contribution < 1.29 is 9.53 Å². The maximum Gasteiger partial charge on any atom is 0.233 e. The molecule has 0 radical (unpaired) electrons. The third-order valence-electron chi connectivity index (χ3n) is 6.11. The fraction of sp³-hybridized carbons (Fsp3) is 0.667. The van der Waals surface area contributed by atoms with E-state index in [1.807, 2.05) is 20.9 Å². The molecule has 0 aromatic carbocycles. The summed E-state index contributed by atoms with van der Waals surface area (Å²) in [6, 6.07) is 2.22. The van der Waals surface area contributed by atoms with Gasteiger partial charge >= 0.3 is 0 Å². The number of fused-ring (bicyclic) bond motifs is 3. The standard InChI is InChI=1S/C18H23N5O2S/c24-17(13-3-1-2-8-23-16(13)19-20-21-23)22-9-6-18(7-10-22)14-5-12-26-15(14)4-11-25-18/h5,12-13H,1-4,6-11H2. The molecule has 1 spiro atoms. The average molecular weight is 373 g/mol. The van der Waals surface area contributed by atoms with Gasteiger partial charge in [0.05, 0.1) is 18.1 Å². The number of hydrogen-bond donors (Lipinski definition) is 0. The Labute approximate surface area is 156 Å². The van der Waals surface area contributed by atoms with Crippen molar-refractivity contribution in [3.8, 4) is 0 Å². The fourth-order valence-electron chi connectivity index (χ4n) is 4.67. The summed E-state index contributed by atoms with van der Waals surface area (Å²) in [7, 11) is 0. The zero-order valence-corrected chi connectivity index (χ0v) is 15.6. The number of thiophene rings is 1. The van der Waals surface area contributed by atoms with Crippen molar-refractivity contribution in [1.82, 2.24) is 25.1 Å². The highest BCUT2D eigenvalue weighted by Gasteiger charge is 2.43. The van der Waals surface area contributed by atoms with Crippen LogP contribution in [0.5, 0.6) is 0 Å². The van der Waals surface area contributed by atoms with Crippen LogP contribution in [0.1, 0.15) is 54.3 Å². The highest BCUT2D eigenvalue weighted by atomic mass is 32.1. The highest BCUT2D eigenvalue weighted by Crippen LogP contribution is 2.43. The number of aryl methyl sites for hydroxylation is 1. The van der Waals surface area contributed by atoms with Crippen molar-refractivity contribution in [2.45, 2.75) is 56.6 Å². The molecule has 3 aliphatic heterocycles. The molecule has 138 valence electrons. The van der Waals surface area contributed by atoms with Crippen LogP contribution in [0, 0.1) is 0 Å². The van der Waals surface area contributed by atoms with Crippen LogP contribution in [-0.4, -0.2) is 50.7 Å². The summed E-state index contributed by atoms with van der Waals surface area (Å²) in [6.07, 6.45) is 5.66. The van der Waals surface area contributed by atoms with Crippen molar-refractivity contribution in [2.75, 3.05) is 19.7 Å². The van der Waals surface area contributed by atoms with E-state index in [-0.39, 0.29) is 17.4 Å². The maximum absolute atomic E-state index is 13.2. The van der Waals surface area contributed by atoms with E-state index < -0.39 is 0 Å². The number of amides is 1. The lowest BCUT2D eigenvalue weighted by atomic mass is 9.82. The maximum atomic E-state index is 13.2. The van der Waals surface area contributed by atoms with E-state index in [1.54, 1.807) is 0 Å². The van der Waals surface area contributed by atoms with Crippen molar-refractivity contribution in [3.63, 3.8) is 0 Å². The third-order valence-corrected chi connectivity index (χ3v) is 7.09. The lowest BCUT2D eigenvalue weighted by Crippen LogP contribution is -2.49. The summed E-state index contributed by atoms with van der Waals surface area (Å²) in [5, 5.41) is 14.2. The van der Waals surface area contributed by atoms with Crippen LogP contribution < -0.4 is 0 Å². The van der Waals surface area contributed by atoms with E-state index in [1.165, 1.54) is 10.4 Å². The number of aromatic nitrogens is 4. The van der Waals surface area contributed by atoms with E-state index in [9.17, 15) is 4.79 Å². The van der Waals surface area contributed by atoms with Gasteiger partial charge in [-0.25, -0.2) is 4.68 Å². The largest absolute Gasteiger partial charge is 0.370 e. The minimum Gasteiger partial charge on any atom is -0.370 e. The van der Waals surface area contributed by atoms with Gasteiger partial charge in [0.25, 0.3) is 0 Å². The predicted molar refractivity (Wildman–Crippen MR) is 95.9 cm³/mol. The Kier molecular flexibility index (Phi) is 4.04. The lowest BCUT2D eigenvalue weighted by molar-refractivity contribution is -0.142. The van der Waals surface area contributed by atoms with Gasteiger partial charge in [-0.15, -0.1) is 16.4 Å². The topological polar surface area (TPSA) is 73.1 Å². The molecule has 2 aromatic rings. The molecule has 1 fully saturated rings. The summed E-state index contributed by atoms with van der Waals surface area (Å²) in [4.78, 5) is 16.7. The number of likely N-dealkylation sites (tertiary alicyclic amines) is 1. The molecule has 1 atom stereocenters. The van der Waals surface area contributed by atoms with Gasteiger partial charge in [0.2, 0.25) is 5.91 Å². The second-order valence-corrected chi connectivity index (χ2v) is 8.48. The zero-order chi connectivity index (χ0) is 17.6. The lowest BCUT2D eigenvalue weighted by Gasteiger charge is -2.44. The molecular formula is C18H23N5O2S. The number of carbonyl (C=O) groups is 1. The predicted octanol–water partition coefficient (Wildman–Crippen LogP) is 2.09. The molecule has 1 unspecified atom stereocenters.